The minimum Gasteiger partial charge on any atom is -0.493 e. The SMILES string of the molecule is COc1ccc(CC(C)(C)NC(=O)N(C)O)cc1OC. The Labute approximate surface area is 119 Å². The second kappa shape index (κ2) is 6.47. The zero-order valence-electron chi connectivity index (χ0n) is 12.6. The minimum atomic E-state index is -0.546. The van der Waals surface area contributed by atoms with Crippen LogP contribution in [0.25, 0.3) is 0 Å². The van der Waals surface area contributed by atoms with Gasteiger partial charge in [-0.05, 0) is 38.0 Å². The normalized spacial score (nSPS) is 10.9. The lowest BCUT2D eigenvalue weighted by atomic mass is 9.95. The van der Waals surface area contributed by atoms with Gasteiger partial charge in [0.1, 0.15) is 0 Å². The summed E-state index contributed by atoms with van der Waals surface area (Å²) in [5.74, 6) is 1.31. The number of hydroxylamine groups is 2. The number of urea groups is 1. The van der Waals surface area contributed by atoms with Crippen LogP contribution in [0, 0.1) is 0 Å². The number of hydrogen-bond acceptors (Lipinski definition) is 4. The van der Waals surface area contributed by atoms with Crippen LogP contribution in [0.15, 0.2) is 18.2 Å². The Hall–Kier alpha value is -1.95. The summed E-state index contributed by atoms with van der Waals surface area (Å²) < 4.78 is 10.4. The Morgan fingerprint density at radius 2 is 1.90 bits per heavy atom. The second-order valence-corrected chi connectivity index (χ2v) is 5.20. The summed E-state index contributed by atoms with van der Waals surface area (Å²) in [4.78, 5) is 11.5. The Morgan fingerprint density at radius 3 is 2.40 bits per heavy atom. The first-order valence-electron chi connectivity index (χ1n) is 6.24. The van der Waals surface area contributed by atoms with Gasteiger partial charge in [0.25, 0.3) is 0 Å². The maximum atomic E-state index is 11.5. The molecule has 6 heteroatoms. The molecule has 6 nitrogen and oxygen atoms in total. The quantitative estimate of drug-likeness (QED) is 0.640. The number of nitrogens with zero attached hydrogens (tertiary/aromatic N) is 1. The smallest absolute Gasteiger partial charge is 0.341 e. The molecule has 112 valence electrons. The summed E-state index contributed by atoms with van der Waals surface area (Å²) in [6, 6.07) is 5.06. The summed E-state index contributed by atoms with van der Waals surface area (Å²) in [6.07, 6.45) is 0.590. The van der Waals surface area contributed by atoms with Crippen LogP contribution in [0.5, 0.6) is 11.5 Å². The first-order chi connectivity index (χ1) is 9.29. The predicted octanol–water partition coefficient (Wildman–Crippen LogP) is 2.06. The van der Waals surface area contributed by atoms with Crippen molar-refractivity contribution in [2.75, 3.05) is 21.3 Å². The van der Waals surface area contributed by atoms with Gasteiger partial charge in [-0.25, -0.2) is 9.86 Å². The van der Waals surface area contributed by atoms with Gasteiger partial charge in [-0.15, -0.1) is 0 Å². The van der Waals surface area contributed by atoms with Gasteiger partial charge in [-0.3, -0.25) is 5.21 Å². The fourth-order valence-corrected chi connectivity index (χ4v) is 1.92. The molecule has 0 radical (unpaired) electrons. The van der Waals surface area contributed by atoms with Crippen molar-refractivity contribution < 1.29 is 19.5 Å². The van der Waals surface area contributed by atoms with Crippen LogP contribution in [-0.2, 0) is 6.42 Å². The van der Waals surface area contributed by atoms with E-state index in [-0.39, 0.29) is 0 Å². The molecule has 2 amide bonds. The minimum absolute atomic E-state index is 0.506. The summed E-state index contributed by atoms with van der Waals surface area (Å²) in [7, 11) is 4.44. The van der Waals surface area contributed by atoms with Gasteiger partial charge in [-0.1, -0.05) is 6.07 Å². The van der Waals surface area contributed by atoms with Crippen molar-refractivity contribution in [2.45, 2.75) is 25.8 Å². The molecule has 0 atom stereocenters. The van der Waals surface area contributed by atoms with E-state index in [1.807, 2.05) is 32.0 Å². The van der Waals surface area contributed by atoms with E-state index in [1.165, 1.54) is 7.05 Å². The molecule has 0 spiro atoms. The number of nitrogens with one attached hydrogen (secondary N) is 1. The first kappa shape index (κ1) is 16.1. The fraction of sp³-hybridized carbons (Fsp3) is 0.500. The van der Waals surface area contributed by atoms with E-state index in [9.17, 15) is 4.79 Å². The van der Waals surface area contributed by atoms with Crippen molar-refractivity contribution in [3.63, 3.8) is 0 Å². The monoisotopic (exact) mass is 282 g/mol. The standard InChI is InChI=1S/C14H22N2O4/c1-14(2,15-13(17)16(3)18)9-10-6-7-11(19-4)12(8-10)20-5/h6-8,18H,9H2,1-5H3,(H,15,17). The third kappa shape index (κ3) is 4.31. The van der Waals surface area contributed by atoms with Gasteiger partial charge in [0.2, 0.25) is 0 Å². The van der Waals surface area contributed by atoms with E-state index in [0.717, 1.165) is 5.56 Å². The molecule has 0 saturated carbocycles. The number of amides is 2. The van der Waals surface area contributed by atoms with E-state index in [4.69, 9.17) is 14.7 Å². The molecule has 1 aromatic carbocycles. The van der Waals surface area contributed by atoms with Crippen LogP contribution in [0.3, 0.4) is 0 Å². The van der Waals surface area contributed by atoms with E-state index >= 15 is 0 Å². The molecule has 0 bridgehead atoms. The fourth-order valence-electron chi connectivity index (χ4n) is 1.92. The highest BCUT2D eigenvalue weighted by Crippen LogP contribution is 2.28. The number of hydrogen-bond donors (Lipinski definition) is 2. The average Bonchev–Trinajstić information content (AvgIpc) is 2.37. The molecule has 0 heterocycles. The third-order valence-corrected chi connectivity index (χ3v) is 2.83. The molecule has 2 N–H and O–H groups in total. The molecule has 1 rings (SSSR count). The largest absolute Gasteiger partial charge is 0.493 e. The molecule has 1 aromatic rings. The van der Waals surface area contributed by atoms with Crippen LogP contribution >= 0.6 is 0 Å². The molecule has 0 unspecified atom stereocenters. The van der Waals surface area contributed by atoms with E-state index in [2.05, 4.69) is 5.32 Å². The Balaban J connectivity index is 2.84. The Kier molecular flexibility index (Phi) is 5.21. The van der Waals surface area contributed by atoms with Crippen LogP contribution < -0.4 is 14.8 Å². The van der Waals surface area contributed by atoms with Gasteiger partial charge < -0.3 is 14.8 Å². The number of benzene rings is 1. The topological polar surface area (TPSA) is 71.0 Å². The molecule has 0 fully saturated rings. The van der Waals surface area contributed by atoms with Gasteiger partial charge in [-0.2, -0.15) is 0 Å². The molecular formula is C14H22N2O4. The molecule has 0 saturated heterocycles. The first-order valence-corrected chi connectivity index (χ1v) is 6.24. The van der Waals surface area contributed by atoms with Crippen molar-refractivity contribution in [1.29, 1.82) is 0 Å². The zero-order valence-corrected chi connectivity index (χ0v) is 12.6. The van der Waals surface area contributed by atoms with Crippen LogP contribution in [0.4, 0.5) is 4.79 Å². The lowest BCUT2D eigenvalue weighted by Gasteiger charge is -2.27. The number of rotatable bonds is 5. The van der Waals surface area contributed by atoms with Gasteiger partial charge >= 0.3 is 6.03 Å². The third-order valence-electron chi connectivity index (χ3n) is 2.83. The Bertz CT molecular complexity index is 472. The molecule has 0 aliphatic rings. The lowest BCUT2D eigenvalue weighted by Crippen LogP contribution is -2.49. The number of methoxy groups -OCH3 is 2. The Morgan fingerprint density at radius 1 is 1.30 bits per heavy atom. The number of carbonyl (C=O) groups is 1. The maximum Gasteiger partial charge on any atom is 0.341 e. The highest BCUT2D eigenvalue weighted by atomic mass is 16.5. The summed E-state index contributed by atoms with van der Waals surface area (Å²) >= 11 is 0. The zero-order chi connectivity index (χ0) is 15.3. The van der Waals surface area contributed by atoms with Gasteiger partial charge in [0.05, 0.1) is 14.2 Å². The average molecular weight is 282 g/mol. The van der Waals surface area contributed by atoms with E-state index in [0.29, 0.717) is 23.0 Å². The van der Waals surface area contributed by atoms with Crippen LogP contribution in [-0.4, -0.2) is 43.1 Å². The predicted molar refractivity (Wildman–Crippen MR) is 75.4 cm³/mol. The van der Waals surface area contributed by atoms with Crippen molar-refractivity contribution in [2.24, 2.45) is 0 Å². The maximum absolute atomic E-state index is 11.5. The highest BCUT2D eigenvalue weighted by molar-refractivity contribution is 5.73. The number of carbonyl (C=O) groups excluding carboxylic acids is 1. The lowest BCUT2D eigenvalue weighted by molar-refractivity contribution is -0.0210. The van der Waals surface area contributed by atoms with Crippen LogP contribution in [0.2, 0.25) is 0 Å². The van der Waals surface area contributed by atoms with Gasteiger partial charge in [0.15, 0.2) is 11.5 Å². The molecule has 0 aliphatic heterocycles. The van der Waals surface area contributed by atoms with Crippen molar-refractivity contribution in [3.8, 4) is 11.5 Å². The number of ether oxygens (including phenoxy) is 2. The molecular weight excluding hydrogens is 260 g/mol. The van der Waals surface area contributed by atoms with Crippen LogP contribution in [0.1, 0.15) is 19.4 Å². The summed E-state index contributed by atoms with van der Waals surface area (Å²) in [6.45, 7) is 3.76. The van der Waals surface area contributed by atoms with E-state index < -0.39 is 11.6 Å². The highest BCUT2D eigenvalue weighted by Gasteiger charge is 2.23. The van der Waals surface area contributed by atoms with Crippen molar-refractivity contribution >= 4 is 6.03 Å². The summed E-state index contributed by atoms with van der Waals surface area (Å²) in [5.41, 5.74) is 0.488. The van der Waals surface area contributed by atoms with Crippen molar-refractivity contribution in [3.05, 3.63) is 23.8 Å². The van der Waals surface area contributed by atoms with Crippen molar-refractivity contribution in [1.82, 2.24) is 10.4 Å². The molecule has 0 aliphatic carbocycles. The second-order valence-electron chi connectivity index (χ2n) is 5.20. The molecule has 20 heavy (non-hydrogen) atoms. The van der Waals surface area contributed by atoms with E-state index in [1.54, 1.807) is 14.2 Å². The van der Waals surface area contributed by atoms with Gasteiger partial charge in [0, 0.05) is 12.6 Å². The summed E-state index contributed by atoms with van der Waals surface area (Å²) in [5, 5.41) is 12.3. The molecule has 0 aromatic heterocycles.